The van der Waals surface area contributed by atoms with Crippen molar-refractivity contribution in [3.63, 3.8) is 0 Å². The van der Waals surface area contributed by atoms with E-state index in [-0.39, 0.29) is 5.78 Å². The maximum atomic E-state index is 12.2. The first-order valence-electron chi connectivity index (χ1n) is 6.48. The first-order valence-corrected chi connectivity index (χ1v) is 6.48. The van der Waals surface area contributed by atoms with Gasteiger partial charge in [-0.05, 0) is 29.7 Å². The molecule has 0 aliphatic carbocycles. The summed E-state index contributed by atoms with van der Waals surface area (Å²) in [6.07, 6.45) is 1.40. The molecule has 0 saturated carbocycles. The molecule has 2 nitrogen and oxygen atoms in total. The molecule has 0 N–H and O–H groups in total. The molecule has 0 aliphatic heterocycles. The SMILES string of the molecule is CCc1ccc(C(=O)Cc2cccc(OC)c2)cc1. The maximum absolute atomic E-state index is 12.2. The second-order valence-corrected chi connectivity index (χ2v) is 4.50. The van der Waals surface area contributed by atoms with E-state index in [4.69, 9.17) is 4.74 Å². The van der Waals surface area contributed by atoms with Crippen LogP contribution in [0.2, 0.25) is 0 Å². The number of rotatable bonds is 5. The van der Waals surface area contributed by atoms with E-state index >= 15 is 0 Å². The van der Waals surface area contributed by atoms with Crippen molar-refractivity contribution in [3.05, 3.63) is 65.2 Å². The molecule has 0 atom stereocenters. The summed E-state index contributed by atoms with van der Waals surface area (Å²) in [5.41, 5.74) is 2.99. The lowest BCUT2D eigenvalue weighted by Crippen LogP contribution is -2.03. The standard InChI is InChI=1S/C17H18O2/c1-3-13-7-9-15(10-8-13)17(18)12-14-5-4-6-16(11-14)19-2/h4-11H,3,12H2,1-2H3. The van der Waals surface area contributed by atoms with Gasteiger partial charge in [-0.3, -0.25) is 4.79 Å². The molecule has 0 aromatic heterocycles. The Bertz CT molecular complexity index is 556. The molecule has 0 saturated heterocycles. The number of hydrogen-bond donors (Lipinski definition) is 0. The second kappa shape index (κ2) is 6.19. The predicted molar refractivity (Wildman–Crippen MR) is 76.8 cm³/mol. The number of ether oxygens (including phenoxy) is 1. The summed E-state index contributed by atoms with van der Waals surface area (Å²) in [5.74, 6) is 0.919. The third-order valence-electron chi connectivity index (χ3n) is 3.18. The van der Waals surface area contributed by atoms with Gasteiger partial charge in [-0.1, -0.05) is 43.3 Å². The predicted octanol–water partition coefficient (Wildman–Crippen LogP) is 3.68. The van der Waals surface area contributed by atoms with Crippen molar-refractivity contribution in [2.45, 2.75) is 19.8 Å². The third kappa shape index (κ3) is 3.44. The van der Waals surface area contributed by atoms with Crippen molar-refractivity contribution in [1.29, 1.82) is 0 Å². The van der Waals surface area contributed by atoms with Gasteiger partial charge in [-0.2, -0.15) is 0 Å². The van der Waals surface area contributed by atoms with Gasteiger partial charge in [0.25, 0.3) is 0 Å². The molecule has 0 heterocycles. The third-order valence-corrected chi connectivity index (χ3v) is 3.18. The summed E-state index contributed by atoms with van der Waals surface area (Å²) < 4.78 is 5.16. The minimum absolute atomic E-state index is 0.135. The molecule has 0 fully saturated rings. The first-order chi connectivity index (χ1) is 9.22. The highest BCUT2D eigenvalue weighted by atomic mass is 16.5. The minimum Gasteiger partial charge on any atom is -0.497 e. The van der Waals surface area contributed by atoms with Gasteiger partial charge in [0, 0.05) is 12.0 Å². The molecule has 19 heavy (non-hydrogen) atoms. The van der Waals surface area contributed by atoms with E-state index in [0.717, 1.165) is 23.3 Å². The number of aryl methyl sites for hydroxylation is 1. The number of methoxy groups -OCH3 is 1. The molecule has 0 spiro atoms. The number of hydrogen-bond acceptors (Lipinski definition) is 2. The van der Waals surface area contributed by atoms with Crippen LogP contribution in [0.3, 0.4) is 0 Å². The maximum Gasteiger partial charge on any atom is 0.167 e. The lowest BCUT2D eigenvalue weighted by Gasteiger charge is -2.05. The zero-order valence-corrected chi connectivity index (χ0v) is 11.3. The minimum atomic E-state index is 0.135. The monoisotopic (exact) mass is 254 g/mol. The van der Waals surface area contributed by atoms with Gasteiger partial charge in [-0.25, -0.2) is 0 Å². The van der Waals surface area contributed by atoms with Crippen LogP contribution in [0.4, 0.5) is 0 Å². The zero-order chi connectivity index (χ0) is 13.7. The summed E-state index contributed by atoms with van der Waals surface area (Å²) in [7, 11) is 1.63. The van der Waals surface area contributed by atoms with Crippen LogP contribution in [-0.2, 0) is 12.8 Å². The fraction of sp³-hybridized carbons (Fsp3) is 0.235. The number of carbonyl (C=O) groups is 1. The lowest BCUT2D eigenvalue weighted by molar-refractivity contribution is 0.0993. The van der Waals surface area contributed by atoms with E-state index in [1.807, 2.05) is 48.5 Å². The Morgan fingerprint density at radius 1 is 1.05 bits per heavy atom. The van der Waals surface area contributed by atoms with Crippen LogP contribution in [0.25, 0.3) is 0 Å². The lowest BCUT2D eigenvalue weighted by atomic mass is 10.0. The highest BCUT2D eigenvalue weighted by Gasteiger charge is 2.07. The van der Waals surface area contributed by atoms with Crippen LogP contribution in [0, 0.1) is 0 Å². The van der Waals surface area contributed by atoms with Gasteiger partial charge in [-0.15, -0.1) is 0 Å². The van der Waals surface area contributed by atoms with E-state index in [9.17, 15) is 4.79 Å². The quantitative estimate of drug-likeness (QED) is 0.761. The van der Waals surface area contributed by atoms with E-state index < -0.39 is 0 Å². The van der Waals surface area contributed by atoms with Gasteiger partial charge in [0.05, 0.1) is 7.11 Å². The van der Waals surface area contributed by atoms with Gasteiger partial charge in [0.1, 0.15) is 5.75 Å². The Labute approximate surface area is 114 Å². The van der Waals surface area contributed by atoms with Crippen LogP contribution in [-0.4, -0.2) is 12.9 Å². The molecule has 0 bridgehead atoms. The van der Waals surface area contributed by atoms with Gasteiger partial charge in [0.2, 0.25) is 0 Å². The molecular weight excluding hydrogens is 236 g/mol. The van der Waals surface area contributed by atoms with Crippen LogP contribution in [0.5, 0.6) is 5.75 Å². The molecule has 2 aromatic carbocycles. The molecule has 0 radical (unpaired) electrons. The fourth-order valence-electron chi connectivity index (χ4n) is 2.00. The number of carbonyl (C=O) groups excluding carboxylic acids is 1. The summed E-state index contributed by atoms with van der Waals surface area (Å²) >= 11 is 0. The van der Waals surface area contributed by atoms with Crippen molar-refractivity contribution in [2.24, 2.45) is 0 Å². The summed E-state index contributed by atoms with van der Waals surface area (Å²) in [5, 5.41) is 0. The number of ketones is 1. The van der Waals surface area contributed by atoms with Crippen LogP contribution in [0.1, 0.15) is 28.4 Å². The zero-order valence-electron chi connectivity index (χ0n) is 11.3. The summed E-state index contributed by atoms with van der Waals surface area (Å²) in [6.45, 7) is 2.10. The van der Waals surface area contributed by atoms with Crippen LogP contribution in [0.15, 0.2) is 48.5 Å². The molecule has 2 heteroatoms. The van der Waals surface area contributed by atoms with Gasteiger partial charge >= 0.3 is 0 Å². The van der Waals surface area contributed by atoms with Gasteiger partial charge < -0.3 is 4.74 Å². The smallest absolute Gasteiger partial charge is 0.167 e. The molecular formula is C17H18O2. The highest BCUT2D eigenvalue weighted by Crippen LogP contribution is 2.15. The molecule has 0 aliphatic rings. The van der Waals surface area contributed by atoms with Crippen LogP contribution >= 0.6 is 0 Å². The number of benzene rings is 2. The Kier molecular flexibility index (Phi) is 4.35. The van der Waals surface area contributed by atoms with E-state index in [1.54, 1.807) is 7.11 Å². The molecule has 0 amide bonds. The molecule has 98 valence electrons. The second-order valence-electron chi connectivity index (χ2n) is 4.50. The highest BCUT2D eigenvalue weighted by molar-refractivity contribution is 5.97. The van der Waals surface area contributed by atoms with Crippen molar-refractivity contribution in [2.75, 3.05) is 7.11 Å². The molecule has 2 rings (SSSR count). The van der Waals surface area contributed by atoms with Crippen molar-refractivity contribution in [3.8, 4) is 5.75 Å². The Morgan fingerprint density at radius 3 is 2.42 bits per heavy atom. The van der Waals surface area contributed by atoms with Crippen molar-refractivity contribution < 1.29 is 9.53 Å². The van der Waals surface area contributed by atoms with Crippen molar-refractivity contribution in [1.82, 2.24) is 0 Å². The summed E-state index contributed by atoms with van der Waals surface area (Å²) in [6, 6.07) is 15.5. The average Bonchev–Trinajstić information content (AvgIpc) is 2.47. The largest absolute Gasteiger partial charge is 0.497 e. The fourth-order valence-corrected chi connectivity index (χ4v) is 2.00. The Hall–Kier alpha value is -2.09. The first kappa shape index (κ1) is 13.3. The van der Waals surface area contributed by atoms with Gasteiger partial charge in [0.15, 0.2) is 5.78 Å². The normalized spacial score (nSPS) is 10.2. The molecule has 0 unspecified atom stereocenters. The number of Topliss-reactive ketones (excluding diaryl/α,β-unsaturated/α-hetero) is 1. The van der Waals surface area contributed by atoms with Crippen molar-refractivity contribution >= 4 is 5.78 Å². The Morgan fingerprint density at radius 2 is 1.79 bits per heavy atom. The average molecular weight is 254 g/mol. The van der Waals surface area contributed by atoms with E-state index in [1.165, 1.54) is 5.56 Å². The topological polar surface area (TPSA) is 26.3 Å². The van der Waals surface area contributed by atoms with E-state index in [2.05, 4.69) is 6.92 Å². The van der Waals surface area contributed by atoms with E-state index in [0.29, 0.717) is 6.42 Å². The Balaban J connectivity index is 2.11. The van der Waals surface area contributed by atoms with Crippen LogP contribution < -0.4 is 4.74 Å². The molecule has 2 aromatic rings. The summed E-state index contributed by atoms with van der Waals surface area (Å²) in [4.78, 5) is 12.2.